The number of halogens is 1. The van der Waals surface area contributed by atoms with E-state index in [0.29, 0.717) is 17.8 Å². The minimum absolute atomic E-state index is 0.406. The largest absolute Gasteiger partial charge is 0.339 e. The summed E-state index contributed by atoms with van der Waals surface area (Å²) < 4.78 is 6.50. The number of benzene rings is 1. The number of nitrogens with zero attached hydrogens (tertiary/aromatic N) is 2. The molecule has 21 heavy (non-hydrogen) atoms. The quantitative estimate of drug-likeness (QED) is 0.901. The van der Waals surface area contributed by atoms with Crippen molar-refractivity contribution in [2.24, 2.45) is 0 Å². The molecule has 1 fully saturated rings. The molecule has 1 N–H and O–H groups in total. The molecule has 112 valence electrons. The molecule has 5 heteroatoms. The lowest BCUT2D eigenvalue weighted by Crippen LogP contribution is -2.32. The van der Waals surface area contributed by atoms with Crippen LogP contribution in [0.25, 0.3) is 11.4 Å². The normalized spacial score (nSPS) is 22.4. The Bertz CT molecular complexity index is 591. The van der Waals surface area contributed by atoms with Gasteiger partial charge in [0.15, 0.2) is 0 Å². The molecule has 0 spiro atoms. The van der Waals surface area contributed by atoms with Crippen LogP contribution in [0.3, 0.4) is 0 Å². The van der Waals surface area contributed by atoms with Gasteiger partial charge in [0.1, 0.15) is 0 Å². The van der Waals surface area contributed by atoms with Gasteiger partial charge in [0.05, 0.1) is 0 Å². The predicted molar refractivity (Wildman–Crippen MR) is 86.1 cm³/mol. The van der Waals surface area contributed by atoms with Crippen molar-refractivity contribution >= 4 is 15.9 Å². The number of aromatic nitrogens is 2. The highest BCUT2D eigenvalue weighted by Gasteiger charge is 2.26. The third-order valence-electron chi connectivity index (χ3n) is 4.13. The van der Waals surface area contributed by atoms with Gasteiger partial charge in [-0.1, -0.05) is 40.1 Å². The molecule has 1 aliphatic rings. The van der Waals surface area contributed by atoms with E-state index < -0.39 is 0 Å². The zero-order valence-corrected chi connectivity index (χ0v) is 13.8. The van der Waals surface area contributed by atoms with Crippen molar-refractivity contribution < 1.29 is 4.52 Å². The van der Waals surface area contributed by atoms with Crippen molar-refractivity contribution in [3.05, 3.63) is 34.6 Å². The van der Waals surface area contributed by atoms with Gasteiger partial charge in [-0.2, -0.15) is 4.98 Å². The van der Waals surface area contributed by atoms with Crippen LogP contribution in [-0.4, -0.2) is 22.7 Å². The summed E-state index contributed by atoms with van der Waals surface area (Å²) in [4.78, 5) is 4.61. The van der Waals surface area contributed by atoms with Crippen LogP contribution in [0.15, 0.2) is 33.3 Å². The topological polar surface area (TPSA) is 51.0 Å². The average molecular weight is 350 g/mol. The highest BCUT2D eigenvalue weighted by atomic mass is 79.9. The first-order valence-corrected chi connectivity index (χ1v) is 8.39. The van der Waals surface area contributed by atoms with E-state index in [1.165, 1.54) is 12.8 Å². The fourth-order valence-corrected chi connectivity index (χ4v) is 3.45. The number of rotatable bonds is 4. The Balaban J connectivity index is 1.70. The minimum atomic E-state index is 0.406. The molecule has 0 amide bonds. The van der Waals surface area contributed by atoms with Crippen LogP contribution in [0.1, 0.15) is 44.4 Å². The Hall–Kier alpha value is -1.20. The molecule has 1 aliphatic carbocycles. The highest BCUT2D eigenvalue weighted by molar-refractivity contribution is 9.10. The van der Waals surface area contributed by atoms with Gasteiger partial charge in [-0.15, -0.1) is 0 Å². The molecule has 0 unspecified atom stereocenters. The smallest absolute Gasteiger partial charge is 0.230 e. The summed E-state index contributed by atoms with van der Waals surface area (Å²) in [5, 5.41) is 7.67. The van der Waals surface area contributed by atoms with Crippen molar-refractivity contribution in [1.29, 1.82) is 0 Å². The van der Waals surface area contributed by atoms with Gasteiger partial charge in [-0.3, -0.25) is 0 Å². The molecule has 1 aromatic heterocycles. The first-order valence-electron chi connectivity index (χ1n) is 7.59. The molecule has 4 nitrogen and oxygen atoms in total. The summed E-state index contributed by atoms with van der Waals surface area (Å²) >= 11 is 3.53. The van der Waals surface area contributed by atoms with Crippen LogP contribution < -0.4 is 5.32 Å². The molecule has 0 aliphatic heterocycles. The lowest BCUT2D eigenvalue weighted by Gasteiger charge is -2.26. The van der Waals surface area contributed by atoms with Gasteiger partial charge in [0.2, 0.25) is 11.7 Å². The van der Waals surface area contributed by atoms with Crippen LogP contribution in [0.5, 0.6) is 0 Å². The van der Waals surface area contributed by atoms with Crippen molar-refractivity contribution in [1.82, 2.24) is 15.5 Å². The molecular formula is C16H20BrN3O. The summed E-state index contributed by atoms with van der Waals surface area (Å²) in [6.07, 6.45) is 4.61. The Morgan fingerprint density at radius 3 is 2.71 bits per heavy atom. The zero-order chi connectivity index (χ0) is 14.7. The van der Waals surface area contributed by atoms with E-state index in [4.69, 9.17) is 4.52 Å². The predicted octanol–water partition coefficient (Wildman–Crippen LogP) is 4.13. The van der Waals surface area contributed by atoms with E-state index in [9.17, 15) is 0 Å². The molecule has 0 bridgehead atoms. The Morgan fingerprint density at radius 2 is 2.00 bits per heavy atom. The van der Waals surface area contributed by atoms with Gasteiger partial charge in [0.25, 0.3) is 0 Å². The fraction of sp³-hybridized carbons (Fsp3) is 0.500. The lowest BCUT2D eigenvalue weighted by atomic mass is 9.86. The van der Waals surface area contributed by atoms with Crippen LogP contribution in [0, 0.1) is 0 Å². The first-order chi connectivity index (χ1) is 10.3. The maximum atomic E-state index is 5.51. The maximum absolute atomic E-state index is 5.51. The fourth-order valence-electron chi connectivity index (χ4n) is 2.99. The third-order valence-corrected chi connectivity index (χ3v) is 4.82. The van der Waals surface area contributed by atoms with Gasteiger partial charge in [0, 0.05) is 22.0 Å². The Kier molecular flexibility index (Phi) is 4.70. The van der Waals surface area contributed by atoms with Gasteiger partial charge >= 0.3 is 0 Å². The van der Waals surface area contributed by atoms with E-state index in [0.717, 1.165) is 35.3 Å². The van der Waals surface area contributed by atoms with Crippen LogP contribution in [-0.2, 0) is 0 Å². The number of hydrogen-bond donors (Lipinski definition) is 1. The minimum Gasteiger partial charge on any atom is -0.339 e. The summed E-state index contributed by atoms with van der Waals surface area (Å²) in [5.41, 5.74) is 0.980. The van der Waals surface area contributed by atoms with E-state index in [1.807, 2.05) is 24.3 Å². The van der Waals surface area contributed by atoms with Gasteiger partial charge in [-0.05, 0) is 44.4 Å². The van der Waals surface area contributed by atoms with Crippen LogP contribution in [0.4, 0.5) is 0 Å². The third kappa shape index (κ3) is 3.35. The Labute approximate surface area is 133 Å². The molecule has 1 saturated carbocycles. The molecule has 1 heterocycles. The molecule has 3 rings (SSSR count). The Morgan fingerprint density at radius 1 is 1.24 bits per heavy atom. The summed E-state index contributed by atoms with van der Waals surface area (Å²) in [7, 11) is 0. The zero-order valence-electron chi connectivity index (χ0n) is 12.2. The van der Waals surface area contributed by atoms with Crippen molar-refractivity contribution in [3.63, 3.8) is 0 Å². The molecule has 0 atom stereocenters. The monoisotopic (exact) mass is 349 g/mol. The second kappa shape index (κ2) is 6.71. The average Bonchev–Trinajstić information content (AvgIpc) is 2.98. The summed E-state index contributed by atoms with van der Waals surface area (Å²) in [6.45, 7) is 3.20. The van der Waals surface area contributed by atoms with E-state index >= 15 is 0 Å². The number of nitrogens with one attached hydrogen (secondary N) is 1. The van der Waals surface area contributed by atoms with Gasteiger partial charge in [-0.25, -0.2) is 0 Å². The highest BCUT2D eigenvalue weighted by Crippen LogP contribution is 2.33. The molecule has 0 radical (unpaired) electrons. The SMILES string of the molecule is CCNC1CCC(c2nc(-c3ccccc3Br)no2)CC1. The summed E-state index contributed by atoms with van der Waals surface area (Å²) in [6, 6.07) is 8.61. The second-order valence-electron chi connectivity index (χ2n) is 5.54. The van der Waals surface area contributed by atoms with E-state index in [-0.39, 0.29) is 0 Å². The summed E-state index contributed by atoms with van der Waals surface area (Å²) in [5.74, 6) is 1.87. The van der Waals surface area contributed by atoms with Gasteiger partial charge < -0.3 is 9.84 Å². The number of hydrogen-bond acceptors (Lipinski definition) is 4. The molecule has 2 aromatic rings. The molecule has 1 aromatic carbocycles. The van der Waals surface area contributed by atoms with Crippen LogP contribution >= 0.6 is 15.9 Å². The molecule has 0 saturated heterocycles. The second-order valence-corrected chi connectivity index (χ2v) is 6.40. The van der Waals surface area contributed by atoms with E-state index in [1.54, 1.807) is 0 Å². The van der Waals surface area contributed by atoms with Crippen molar-refractivity contribution in [3.8, 4) is 11.4 Å². The van der Waals surface area contributed by atoms with Crippen LogP contribution in [0.2, 0.25) is 0 Å². The maximum Gasteiger partial charge on any atom is 0.230 e. The van der Waals surface area contributed by atoms with Crippen molar-refractivity contribution in [2.75, 3.05) is 6.54 Å². The first kappa shape index (κ1) is 14.7. The van der Waals surface area contributed by atoms with Crippen molar-refractivity contribution in [2.45, 2.75) is 44.6 Å². The lowest BCUT2D eigenvalue weighted by molar-refractivity contribution is 0.285. The molecular weight excluding hydrogens is 330 g/mol. The van der Waals surface area contributed by atoms with E-state index in [2.05, 4.69) is 38.3 Å². The standard InChI is InChI=1S/C16H20BrN3O/c1-2-18-12-9-7-11(8-10-12)16-19-15(20-21-16)13-5-3-4-6-14(13)17/h3-6,11-12,18H,2,7-10H2,1H3.